The van der Waals surface area contributed by atoms with E-state index in [0.29, 0.717) is 16.2 Å². The minimum atomic E-state index is -1.45. The van der Waals surface area contributed by atoms with Crippen molar-refractivity contribution < 1.29 is 57.5 Å². The molecule has 0 bridgehead atoms. The first kappa shape index (κ1) is 50.4. The summed E-state index contributed by atoms with van der Waals surface area (Å²) in [6.45, 7) is 7.25. The number of aliphatic hydroxyl groups is 1. The van der Waals surface area contributed by atoms with Crippen LogP contribution < -0.4 is 14.8 Å². The predicted octanol–water partition coefficient (Wildman–Crippen LogP) is 5.98. The summed E-state index contributed by atoms with van der Waals surface area (Å²) in [4.78, 5) is 71.8. The number of cyclic esters (lactones) is 2. The predicted molar refractivity (Wildman–Crippen MR) is 239 cm³/mol. The van der Waals surface area contributed by atoms with Crippen molar-refractivity contribution in [1.29, 1.82) is 0 Å². The van der Waals surface area contributed by atoms with Crippen LogP contribution in [0.2, 0.25) is 5.02 Å². The molecule has 17 nitrogen and oxygen atoms in total. The Morgan fingerprint density at radius 3 is 2.31 bits per heavy atom. The number of H-pyrrole nitrogens is 1. The third-order valence-electron chi connectivity index (χ3n) is 10.7. The summed E-state index contributed by atoms with van der Waals surface area (Å²) in [6, 6.07) is 16.5. The molecule has 4 aromatic rings. The van der Waals surface area contributed by atoms with E-state index in [1.165, 1.54) is 32.6 Å². The van der Waals surface area contributed by atoms with Gasteiger partial charge in [-0.3, -0.25) is 29.0 Å². The number of rotatable bonds is 16. The number of nitrogens with one attached hydrogen (secondary N) is 2. The molecular weight excluding hydrogens is 905 g/mol. The number of aromatic amines is 1. The third kappa shape index (κ3) is 13.3. The van der Waals surface area contributed by atoms with Gasteiger partial charge in [0, 0.05) is 23.7 Å². The maximum atomic E-state index is 13.4. The molecule has 1 aliphatic carbocycles. The first-order chi connectivity index (χ1) is 30.9. The molecule has 350 valence electrons. The number of benzene rings is 2. The lowest BCUT2D eigenvalue weighted by atomic mass is 9.89. The van der Waals surface area contributed by atoms with E-state index in [2.05, 4.69) is 20.4 Å². The highest BCUT2D eigenvalue weighted by Crippen LogP contribution is 2.53. The number of aromatic nitrogens is 4. The molecule has 1 unspecified atom stereocenters. The van der Waals surface area contributed by atoms with Crippen LogP contribution in [-0.2, 0) is 57.5 Å². The monoisotopic (exact) mass is 957 g/mol. The van der Waals surface area contributed by atoms with Crippen molar-refractivity contribution in [2.24, 2.45) is 17.8 Å². The van der Waals surface area contributed by atoms with Gasteiger partial charge in [0.2, 0.25) is 11.6 Å². The molecule has 3 N–H and O–H groups in total. The number of hydrogen-bond donors (Lipinski definition) is 3. The average Bonchev–Trinajstić information content (AvgIpc) is 3.92. The number of amides is 1. The number of nitrogens with zero attached hydrogens (tertiary/aromatic N) is 3. The van der Waals surface area contributed by atoms with Crippen LogP contribution in [0.25, 0.3) is 0 Å². The van der Waals surface area contributed by atoms with Gasteiger partial charge < -0.3 is 38.8 Å². The maximum Gasteiger partial charge on any atom is 0.332 e. The highest BCUT2D eigenvalue weighted by atomic mass is 35.5. The van der Waals surface area contributed by atoms with Crippen molar-refractivity contribution in [1.82, 2.24) is 25.1 Å². The van der Waals surface area contributed by atoms with E-state index < -0.39 is 89.7 Å². The highest BCUT2D eigenvalue weighted by molar-refractivity contribution is 7.71. The van der Waals surface area contributed by atoms with Gasteiger partial charge in [-0.15, -0.1) is 11.6 Å². The Morgan fingerprint density at radius 2 is 1.69 bits per heavy atom. The minimum Gasteiger partial charge on any atom is -0.493 e. The number of carbonyl (C=O) groups is 5. The van der Waals surface area contributed by atoms with Gasteiger partial charge in [-0.05, 0) is 55.6 Å². The van der Waals surface area contributed by atoms with Gasteiger partial charge in [-0.1, -0.05) is 87.8 Å². The molecule has 0 spiro atoms. The van der Waals surface area contributed by atoms with Gasteiger partial charge in [0.05, 0.1) is 30.4 Å². The molecule has 6 rings (SSSR count). The zero-order valence-electron chi connectivity index (χ0n) is 36.8. The van der Waals surface area contributed by atoms with E-state index in [0.717, 1.165) is 24.0 Å². The van der Waals surface area contributed by atoms with Crippen molar-refractivity contribution in [2.45, 2.75) is 95.6 Å². The minimum absolute atomic E-state index is 0.112. The second-order valence-electron chi connectivity index (χ2n) is 16.2. The fourth-order valence-electron chi connectivity index (χ4n) is 6.72. The first-order valence-electron chi connectivity index (χ1n) is 20.9. The lowest BCUT2D eigenvalue weighted by molar-refractivity contribution is -0.176. The molecule has 5 atom stereocenters. The Kier molecular flexibility index (Phi) is 17.5. The smallest absolute Gasteiger partial charge is 0.332 e. The van der Waals surface area contributed by atoms with Crippen molar-refractivity contribution in [2.75, 3.05) is 20.5 Å². The summed E-state index contributed by atoms with van der Waals surface area (Å²) in [5, 5.41) is 17.2. The van der Waals surface area contributed by atoms with Crippen LogP contribution in [-0.4, -0.2) is 104 Å². The number of methoxy groups -OCH3 is 1. The second-order valence-corrected chi connectivity index (χ2v) is 17.7. The third-order valence-corrected chi connectivity index (χ3v) is 12.1. The van der Waals surface area contributed by atoms with Crippen LogP contribution in [0.3, 0.4) is 0 Å². The highest BCUT2D eigenvalue weighted by Gasteiger charge is 2.58. The molecule has 1 saturated heterocycles. The van der Waals surface area contributed by atoms with E-state index in [-0.39, 0.29) is 30.2 Å². The summed E-state index contributed by atoms with van der Waals surface area (Å²) in [5.41, 5.74) is 0.227. The molecule has 0 radical (unpaired) electrons. The van der Waals surface area contributed by atoms with Crippen molar-refractivity contribution in [3.63, 3.8) is 0 Å². The molecule has 2 aliphatic rings. The summed E-state index contributed by atoms with van der Waals surface area (Å²) in [5.74, 6) is -5.61. The zero-order chi connectivity index (χ0) is 47.5. The molecular formula is C45H53Cl2N5O12S. The summed E-state index contributed by atoms with van der Waals surface area (Å²) in [6.07, 6.45) is 2.62. The second kappa shape index (κ2) is 22.6. The zero-order valence-corrected chi connectivity index (χ0v) is 39.1. The van der Waals surface area contributed by atoms with Gasteiger partial charge in [0.25, 0.3) is 5.91 Å². The van der Waals surface area contributed by atoms with Crippen molar-refractivity contribution in [3.05, 3.63) is 99.8 Å². The van der Waals surface area contributed by atoms with E-state index in [1.807, 2.05) is 42.5 Å². The Labute approximate surface area is 391 Å². The number of halogens is 2. The molecule has 2 aromatic heterocycles. The number of alkyl halides is 1. The average molecular weight is 959 g/mol. The standard InChI is InChI=1S/C31H38N2O11.C14H15Cl2N3OS/c1-17(2)28(35)42-16-41-26-23(39-6)12-13-32-24(26)27(34)33-22-15-40-30(37)21(14-20-10-8-7-9-11-20)25(19(5)43-31(22)38)44-29(36)18(3)4;15-11-4-2-1-3-10(11)7-14(20,13(16)5-6-13)8-19-12(21)17-9-18-19/h7-13,17-19,21-22,25H,14-16H2,1-6H3,(H,33,34);1-4,9,20H,5-8H2,(H,17,18,21)/t19-,21+,22-,25-;/m0./s1. The topological polar surface area (TPSA) is 219 Å². The molecule has 20 heteroatoms. The normalized spacial score (nSPS) is 20.0. The Hall–Kier alpha value is -5.56. The SMILES string of the molecule is COc1ccnc(C(=O)N[C@H]2COC(=O)[C@H](Cc3ccccc3)[C@@H](OC(=O)C(C)C)[C@H](C)OC2=O)c1OCOC(=O)C(C)C.OC(Cc1ccccc1Cl)(Cn1[nH]cnc1=S)C1(Cl)CC1. The fourth-order valence-corrected chi connectivity index (χ4v) is 7.32. The Morgan fingerprint density at radius 1 is 1.02 bits per heavy atom. The first-order valence-corrected chi connectivity index (χ1v) is 22.0. The van der Waals surface area contributed by atoms with Crippen LogP contribution in [0, 0.1) is 22.5 Å². The quantitative estimate of drug-likeness (QED) is 0.0387. The number of pyridine rings is 1. The molecule has 2 fully saturated rings. The Balaban J connectivity index is 0.000000312. The summed E-state index contributed by atoms with van der Waals surface area (Å²) >= 11 is 17.9. The molecule has 2 aromatic carbocycles. The number of carbonyl (C=O) groups excluding carboxylic acids is 5. The van der Waals surface area contributed by atoms with Crippen LogP contribution in [0.1, 0.15) is 69.1 Å². The van der Waals surface area contributed by atoms with Crippen LogP contribution in [0.4, 0.5) is 0 Å². The lowest BCUT2D eigenvalue weighted by Gasteiger charge is -2.33. The lowest BCUT2D eigenvalue weighted by Crippen LogP contribution is -2.47. The van der Waals surface area contributed by atoms with Gasteiger partial charge in [0.1, 0.15) is 30.6 Å². The van der Waals surface area contributed by atoms with E-state index in [9.17, 15) is 29.1 Å². The van der Waals surface area contributed by atoms with Crippen LogP contribution in [0.15, 0.2) is 73.2 Å². The molecule has 1 aliphatic heterocycles. The maximum absolute atomic E-state index is 13.4. The molecule has 1 saturated carbocycles. The van der Waals surface area contributed by atoms with Crippen molar-refractivity contribution in [3.8, 4) is 11.5 Å². The fraction of sp³-hybridized carbons (Fsp3) is 0.467. The number of ether oxygens (including phenoxy) is 6. The summed E-state index contributed by atoms with van der Waals surface area (Å²) in [7, 11) is 1.34. The number of esters is 4. The van der Waals surface area contributed by atoms with Gasteiger partial charge >= 0.3 is 23.9 Å². The number of hydrogen-bond acceptors (Lipinski definition) is 15. The van der Waals surface area contributed by atoms with E-state index in [4.69, 9.17) is 63.8 Å². The van der Waals surface area contributed by atoms with Crippen molar-refractivity contribution >= 4 is 65.2 Å². The van der Waals surface area contributed by atoms with Gasteiger partial charge in [-0.25, -0.2) is 14.8 Å². The molecule has 1 amide bonds. The van der Waals surface area contributed by atoms with E-state index in [1.54, 1.807) is 44.5 Å². The van der Waals surface area contributed by atoms with Crippen LogP contribution >= 0.6 is 35.4 Å². The molecule has 3 heterocycles. The van der Waals surface area contributed by atoms with Gasteiger partial charge in [-0.2, -0.15) is 0 Å². The summed E-state index contributed by atoms with van der Waals surface area (Å²) < 4.78 is 34.6. The molecule has 65 heavy (non-hydrogen) atoms. The van der Waals surface area contributed by atoms with Crippen LogP contribution in [0.5, 0.6) is 11.5 Å². The largest absolute Gasteiger partial charge is 0.493 e. The Bertz CT molecular complexity index is 2360. The van der Waals surface area contributed by atoms with Gasteiger partial charge in [0.15, 0.2) is 29.3 Å². The van der Waals surface area contributed by atoms with E-state index >= 15 is 0 Å².